The molecule has 18 heavy (non-hydrogen) atoms. The van der Waals surface area contributed by atoms with Gasteiger partial charge in [-0.05, 0) is 24.1 Å². The number of aryl methyl sites for hydroxylation is 1. The molecule has 0 bridgehead atoms. The van der Waals surface area contributed by atoms with Crippen LogP contribution < -0.4 is 4.72 Å². The summed E-state index contributed by atoms with van der Waals surface area (Å²) in [5, 5.41) is 1.63. The van der Waals surface area contributed by atoms with Crippen molar-refractivity contribution in [3.8, 4) is 0 Å². The molecule has 1 rings (SSSR count). The summed E-state index contributed by atoms with van der Waals surface area (Å²) >= 11 is 2.62. The van der Waals surface area contributed by atoms with Gasteiger partial charge < -0.3 is 4.74 Å². The third kappa shape index (κ3) is 3.47. The lowest BCUT2D eigenvalue weighted by Gasteiger charge is -2.07. The number of thioether (sulfide) groups is 1. The third-order valence-electron chi connectivity index (χ3n) is 2.16. The summed E-state index contributed by atoms with van der Waals surface area (Å²) in [5.74, 6) is 0.0500. The van der Waals surface area contributed by atoms with Crippen LogP contribution in [-0.4, -0.2) is 40.1 Å². The number of carbonyl (C=O) groups excluding carboxylic acids is 1. The predicted molar refractivity (Wildman–Crippen MR) is 74.0 cm³/mol. The van der Waals surface area contributed by atoms with Crippen LogP contribution in [0.4, 0.5) is 0 Å². The molecule has 5 nitrogen and oxygen atoms in total. The minimum absolute atomic E-state index is 0.0282. The molecule has 0 aromatic carbocycles. The van der Waals surface area contributed by atoms with E-state index in [1.165, 1.54) is 7.11 Å². The van der Waals surface area contributed by atoms with Gasteiger partial charge in [-0.2, -0.15) is 11.8 Å². The summed E-state index contributed by atoms with van der Waals surface area (Å²) < 4.78 is 31.3. The van der Waals surface area contributed by atoms with Crippen molar-refractivity contribution in [1.29, 1.82) is 0 Å². The van der Waals surface area contributed by atoms with Crippen molar-refractivity contribution in [2.45, 2.75) is 11.8 Å². The zero-order chi connectivity index (χ0) is 13.8. The first-order chi connectivity index (χ1) is 8.44. The standard InChI is InChI=1S/C10H15NO4S3/c1-7-6-17-8(10(12)15-2)9(7)18(13,14)11-4-5-16-3/h6,11H,4-5H2,1-3H3. The smallest absolute Gasteiger partial charge is 0.349 e. The van der Waals surface area contributed by atoms with E-state index in [-0.39, 0.29) is 9.77 Å². The Balaban J connectivity index is 3.07. The van der Waals surface area contributed by atoms with Crippen LogP contribution in [-0.2, 0) is 14.8 Å². The molecule has 0 fully saturated rings. The molecule has 8 heteroatoms. The first kappa shape index (κ1) is 15.5. The number of ether oxygens (including phenoxy) is 1. The molecule has 0 saturated heterocycles. The maximum atomic E-state index is 12.1. The van der Waals surface area contributed by atoms with E-state index in [9.17, 15) is 13.2 Å². The van der Waals surface area contributed by atoms with Gasteiger partial charge in [-0.3, -0.25) is 0 Å². The van der Waals surface area contributed by atoms with E-state index < -0.39 is 16.0 Å². The minimum Gasteiger partial charge on any atom is -0.465 e. The lowest BCUT2D eigenvalue weighted by molar-refractivity contribution is 0.0602. The van der Waals surface area contributed by atoms with E-state index in [1.807, 2.05) is 6.26 Å². The van der Waals surface area contributed by atoms with Crippen LogP contribution in [0.25, 0.3) is 0 Å². The second-order valence-corrected chi connectivity index (χ2v) is 7.03. The van der Waals surface area contributed by atoms with Gasteiger partial charge in [0.25, 0.3) is 0 Å². The minimum atomic E-state index is -3.66. The Morgan fingerprint density at radius 3 is 2.78 bits per heavy atom. The van der Waals surface area contributed by atoms with Gasteiger partial charge in [0.1, 0.15) is 9.77 Å². The maximum Gasteiger partial charge on any atom is 0.349 e. The Labute approximate surface area is 115 Å². The van der Waals surface area contributed by atoms with E-state index in [0.717, 1.165) is 11.3 Å². The fourth-order valence-electron chi connectivity index (χ4n) is 1.35. The molecular formula is C10H15NO4S3. The normalized spacial score (nSPS) is 11.5. The quantitative estimate of drug-likeness (QED) is 0.636. The van der Waals surface area contributed by atoms with Gasteiger partial charge in [0.15, 0.2) is 0 Å². The van der Waals surface area contributed by atoms with Crippen LogP contribution in [0.1, 0.15) is 15.2 Å². The Bertz CT molecular complexity index is 521. The number of rotatable bonds is 6. The molecule has 1 heterocycles. The molecule has 102 valence electrons. The SMILES string of the molecule is COC(=O)c1scc(C)c1S(=O)(=O)NCCSC. The first-order valence-electron chi connectivity index (χ1n) is 5.09. The molecular weight excluding hydrogens is 294 g/mol. The van der Waals surface area contributed by atoms with Crippen LogP contribution in [0, 0.1) is 6.92 Å². The van der Waals surface area contributed by atoms with Crippen LogP contribution in [0.3, 0.4) is 0 Å². The molecule has 0 saturated carbocycles. The second-order valence-electron chi connectivity index (χ2n) is 3.46. The number of thiophene rings is 1. The van der Waals surface area contributed by atoms with Crippen molar-refractivity contribution in [3.05, 3.63) is 15.8 Å². The number of hydrogen-bond donors (Lipinski definition) is 1. The molecule has 1 aromatic heterocycles. The summed E-state index contributed by atoms with van der Waals surface area (Å²) in [6.07, 6.45) is 1.89. The number of sulfonamides is 1. The highest BCUT2D eigenvalue weighted by atomic mass is 32.2. The molecule has 0 unspecified atom stereocenters. The zero-order valence-corrected chi connectivity index (χ0v) is 12.8. The molecule has 0 aliphatic heterocycles. The average molecular weight is 309 g/mol. The van der Waals surface area contributed by atoms with Crippen molar-refractivity contribution in [3.63, 3.8) is 0 Å². The zero-order valence-electron chi connectivity index (χ0n) is 10.3. The van der Waals surface area contributed by atoms with Crippen molar-refractivity contribution in [2.75, 3.05) is 25.7 Å². The Morgan fingerprint density at radius 1 is 1.56 bits per heavy atom. The van der Waals surface area contributed by atoms with Gasteiger partial charge in [-0.1, -0.05) is 0 Å². The Kier molecular flexibility index (Phi) is 5.64. The van der Waals surface area contributed by atoms with Crippen molar-refractivity contribution in [1.82, 2.24) is 4.72 Å². The van der Waals surface area contributed by atoms with E-state index in [4.69, 9.17) is 0 Å². The third-order valence-corrected chi connectivity index (χ3v) is 5.62. The highest BCUT2D eigenvalue weighted by Crippen LogP contribution is 2.27. The molecule has 1 N–H and O–H groups in total. The van der Waals surface area contributed by atoms with Crippen LogP contribution in [0.5, 0.6) is 0 Å². The second kappa shape index (κ2) is 6.55. The molecule has 0 amide bonds. The average Bonchev–Trinajstić information content (AvgIpc) is 2.71. The summed E-state index contributed by atoms with van der Waals surface area (Å²) in [7, 11) is -2.43. The number of nitrogens with one attached hydrogen (secondary N) is 1. The number of methoxy groups -OCH3 is 1. The molecule has 0 radical (unpaired) electrons. The highest BCUT2D eigenvalue weighted by Gasteiger charge is 2.26. The summed E-state index contributed by atoms with van der Waals surface area (Å²) in [6.45, 7) is 1.99. The van der Waals surface area contributed by atoms with Gasteiger partial charge in [-0.25, -0.2) is 17.9 Å². The molecule has 0 atom stereocenters. The van der Waals surface area contributed by atoms with E-state index >= 15 is 0 Å². The van der Waals surface area contributed by atoms with E-state index in [0.29, 0.717) is 17.9 Å². The maximum absolute atomic E-state index is 12.1. The fourth-order valence-corrected chi connectivity index (χ4v) is 4.52. The highest BCUT2D eigenvalue weighted by molar-refractivity contribution is 7.98. The van der Waals surface area contributed by atoms with E-state index in [1.54, 1.807) is 24.1 Å². The van der Waals surface area contributed by atoms with E-state index in [2.05, 4.69) is 9.46 Å². The monoisotopic (exact) mass is 309 g/mol. The van der Waals surface area contributed by atoms with Crippen LogP contribution in [0.2, 0.25) is 0 Å². The number of hydrogen-bond acceptors (Lipinski definition) is 6. The number of esters is 1. The molecule has 1 aromatic rings. The van der Waals surface area contributed by atoms with Gasteiger partial charge in [-0.15, -0.1) is 11.3 Å². The summed E-state index contributed by atoms with van der Waals surface area (Å²) in [4.78, 5) is 11.7. The summed E-state index contributed by atoms with van der Waals surface area (Å²) in [5.41, 5.74) is 0.553. The van der Waals surface area contributed by atoms with Gasteiger partial charge in [0, 0.05) is 12.3 Å². The number of carbonyl (C=O) groups is 1. The molecule has 0 aliphatic rings. The van der Waals surface area contributed by atoms with Gasteiger partial charge in [0.05, 0.1) is 7.11 Å². The summed E-state index contributed by atoms with van der Waals surface area (Å²) in [6, 6.07) is 0. The molecule has 0 spiro atoms. The van der Waals surface area contributed by atoms with Crippen LogP contribution in [0.15, 0.2) is 10.3 Å². The fraction of sp³-hybridized carbons (Fsp3) is 0.500. The molecule has 0 aliphatic carbocycles. The lowest BCUT2D eigenvalue weighted by Crippen LogP contribution is -2.27. The van der Waals surface area contributed by atoms with Crippen molar-refractivity contribution >= 4 is 39.1 Å². The Hall–Kier alpha value is -0.570. The Morgan fingerprint density at radius 2 is 2.22 bits per heavy atom. The van der Waals surface area contributed by atoms with Crippen molar-refractivity contribution in [2.24, 2.45) is 0 Å². The van der Waals surface area contributed by atoms with Crippen molar-refractivity contribution < 1.29 is 17.9 Å². The van der Waals surface area contributed by atoms with Crippen LogP contribution >= 0.6 is 23.1 Å². The van der Waals surface area contributed by atoms with Gasteiger partial charge >= 0.3 is 5.97 Å². The topological polar surface area (TPSA) is 72.5 Å². The van der Waals surface area contributed by atoms with Gasteiger partial charge in [0.2, 0.25) is 10.0 Å². The first-order valence-corrected chi connectivity index (χ1v) is 8.84. The largest absolute Gasteiger partial charge is 0.465 e. The predicted octanol–water partition coefficient (Wildman–Crippen LogP) is 1.48. The lowest BCUT2D eigenvalue weighted by atomic mass is 10.3.